The average Bonchev–Trinajstić information content (AvgIpc) is 2.36. The van der Waals surface area contributed by atoms with Crippen LogP contribution in [0, 0.1) is 5.41 Å². The van der Waals surface area contributed by atoms with E-state index in [1.54, 1.807) is 0 Å². The summed E-state index contributed by atoms with van der Waals surface area (Å²) >= 11 is 0. The third-order valence-corrected chi connectivity index (χ3v) is 4.51. The molecule has 96 valence electrons. The van der Waals surface area contributed by atoms with Crippen LogP contribution in [0.25, 0.3) is 0 Å². The van der Waals surface area contributed by atoms with Crippen LogP contribution in [0.3, 0.4) is 0 Å². The maximum Gasteiger partial charge on any atom is 0.00644 e. The van der Waals surface area contributed by atoms with Crippen molar-refractivity contribution >= 4 is 0 Å². The largest absolute Gasteiger partial charge is 0.330 e. The highest BCUT2D eigenvalue weighted by atomic mass is 15.2. The van der Waals surface area contributed by atoms with E-state index in [9.17, 15) is 0 Å². The van der Waals surface area contributed by atoms with Crippen molar-refractivity contribution in [3.05, 3.63) is 0 Å². The highest BCUT2D eigenvalue weighted by molar-refractivity contribution is 4.87. The van der Waals surface area contributed by atoms with Crippen LogP contribution in [0.2, 0.25) is 0 Å². The van der Waals surface area contributed by atoms with Crippen molar-refractivity contribution in [1.29, 1.82) is 0 Å². The zero-order chi connectivity index (χ0) is 12.0. The van der Waals surface area contributed by atoms with Crippen molar-refractivity contribution in [3.8, 4) is 0 Å². The zero-order valence-electron chi connectivity index (χ0n) is 11.5. The third-order valence-electron chi connectivity index (χ3n) is 4.51. The summed E-state index contributed by atoms with van der Waals surface area (Å²) in [5, 5.41) is 0. The van der Waals surface area contributed by atoms with Gasteiger partial charge in [-0.05, 0) is 44.7 Å². The Morgan fingerprint density at radius 3 is 2.25 bits per heavy atom. The Morgan fingerprint density at radius 2 is 1.81 bits per heavy atom. The molecular weight excluding hydrogens is 196 g/mol. The zero-order valence-corrected chi connectivity index (χ0v) is 11.5. The quantitative estimate of drug-likeness (QED) is 0.754. The van der Waals surface area contributed by atoms with E-state index in [1.807, 2.05) is 0 Å². The topological polar surface area (TPSA) is 29.3 Å². The van der Waals surface area contributed by atoms with Crippen LogP contribution in [-0.4, -0.2) is 30.6 Å². The lowest BCUT2D eigenvalue weighted by molar-refractivity contribution is 0.0887. The molecule has 1 aliphatic rings. The molecule has 0 aliphatic heterocycles. The minimum absolute atomic E-state index is 0.428. The number of nitrogens with two attached hydrogens (primary N) is 1. The van der Waals surface area contributed by atoms with Gasteiger partial charge in [-0.1, -0.05) is 33.1 Å². The second kappa shape index (κ2) is 6.61. The molecule has 2 heteroatoms. The monoisotopic (exact) mass is 226 g/mol. The minimum Gasteiger partial charge on any atom is -0.330 e. The molecule has 0 spiro atoms. The molecule has 1 saturated carbocycles. The SMILES string of the molecule is CCC(C)N(CC)CC1(CN)CCCCC1. The van der Waals surface area contributed by atoms with Crippen LogP contribution in [0.1, 0.15) is 59.3 Å². The highest BCUT2D eigenvalue weighted by Crippen LogP contribution is 2.36. The normalized spacial score (nSPS) is 22.3. The molecule has 1 rings (SSSR count). The van der Waals surface area contributed by atoms with Gasteiger partial charge in [-0.2, -0.15) is 0 Å². The average molecular weight is 226 g/mol. The molecule has 2 nitrogen and oxygen atoms in total. The van der Waals surface area contributed by atoms with Crippen molar-refractivity contribution in [2.45, 2.75) is 65.3 Å². The van der Waals surface area contributed by atoms with Crippen molar-refractivity contribution in [2.24, 2.45) is 11.1 Å². The molecule has 0 radical (unpaired) electrons. The van der Waals surface area contributed by atoms with E-state index in [0.717, 1.165) is 13.1 Å². The van der Waals surface area contributed by atoms with Gasteiger partial charge >= 0.3 is 0 Å². The van der Waals surface area contributed by atoms with E-state index in [1.165, 1.54) is 45.1 Å². The van der Waals surface area contributed by atoms with Gasteiger partial charge in [0.2, 0.25) is 0 Å². The van der Waals surface area contributed by atoms with Crippen molar-refractivity contribution in [2.75, 3.05) is 19.6 Å². The molecule has 1 unspecified atom stereocenters. The van der Waals surface area contributed by atoms with Gasteiger partial charge in [-0.3, -0.25) is 0 Å². The van der Waals surface area contributed by atoms with E-state index in [4.69, 9.17) is 5.73 Å². The first-order valence-electron chi connectivity index (χ1n) is 7.11. The molecule has 2 N–H and O–H groups in total. The molecule has 0 saturated heterocycles. The number of rotatable bonds is 6. The number of hydrogen-bond donors (Lipinski definition) is 1. The predicted molar refractivity (Wildman–Crippen MR) is 71.6 cm³/mol. The fourth-order valence-corrected chi connectivity index (χ4v) is 3.00. The summed E-state index contributed by atoms with van der Waals surface area (Å²) in [7, 11) is 0. The summed E-state index contributed by atoms with van der Waals surface area (Å²) in [5.41, 5.74) is 6.48. The smallest absolute Gasteiger partial charge is 0.00644 e. The molecule has 0 bridgehead atoms. The first-order chi connectivity index (χ1) is 7.67. The third kappa shape index (κ3) is 3.46. The van der Waals surface area contributed by atoms with Crippen molar-refractivity contribution < 1.29 is 0 Å². The molecule has 1 aliphatic carbocycles. The Kier molecular flexibility index (Phi) is 5.77. The van der Waals surface area contributed by atoms with Crippen LogP contribution in [-0.2, 0) is 0 Å². The molecule has 0 aromatic rings. The van der Waals surface area contributed by atoms with E-state index in [2.05, 4.69) is 25.7 Å². The number of hydrogen-bond acceptors (Lipinski definition) is 2. The lowest BCUT2D eigenvalue weighted by atomic mass is 9.73. The second-order valence-corrected chi connectivity index (χ2v) is 5.59. The summed E-state index contributed by atoms with van der Waals surface area (Å²) in [5.74, 6) is 0. The molecular formula is C14H30N2. The van der Waals surface area contributed by atoms with Crippen LogP contribution >= 0.6 is 0 Å². The fraction of sp³-hybridized carbons (Fsp3) is 1.00. The minimum atomic E-state index is 0.428. The van der Waals surface area contributed by atoms with Crippen molar-refractivity contribution in [1.82, 2.24) is 4.90 Å². The summed E-state index contributed by atoms with van der Waals surface area (Å²) in [6.45, 7) is 10.2. The van der Waals surface area contributed by atoms with E-state index >= 15 is 0 Å². The summed E-state index contributed by atoms with van der Waals surface area (Å²) in [6, 6.07) is 0.704. The standard InChI is InChI=1S/C14H30N2/c1-4-13(3)16(5-2)12-14(11-15)9-7-6-8-10-14/h13H,4-12,15H2,1-3H3. The first-order valence-corrected chi connectivity index (χ1v) is 7.11. The lowest BCUT2D eigenvalue weighted by Gasteiger charge is -2.42. The van der Waals surface area contributed by atoms with Gasteiger partial charge in [0.1, 0.15) is 0 Å². The summed E-state index contributed by atoms with van der Waals surface area (Å²) in [6.07, 6.45) is 8.11. The van der Waals surface area contributed by atoms with Gasteiger partial charge in [0.15, 0.2) is 0 Å². The first kappa shape index (κ1) is 14.0. The van der Waals surface area contributed by atoms with Crippen LogP contribution in [0.5, 0.6) is 0 Å². The molecule has 0 aromatic heterocycles. The maximum absolute atomic E-state index is 6.06. The van der Waals surface area contributed by atoms with E-state index in [-0.39, 0.29) is 0 Å². The molecule has 16 heavy (non-hydrogen) atoms. The van der Waals surface area contributed by atoms with Crippen LogP contribution in [0.15, 0.2) is 0 Å². The maximum atomic E-state index is 6.06. The van der Waals surface area contributed by atoms with Gasteiger partial charge < -0.3 is 10.6 Å². The molecule has 1 fully saturated rings. The molecule has 0 amide bonds. The Morgan fingerprint density at radius 1 is 1.19 bits per heavy atom. The van der Waals surface area contributed by atoms with Gasteiger partial charge in [0.05, 0.1) is 0 Å². The highest BCUT2D eigenvalue weighted by Gasteiger charge is 2.33. The predicted octanol–water partition coefficient (Wildman–Crippen LogP) is 3.02. The van der Waals surface area contributed by atoms with Gasteiger partial charge in [0, 0.05) is 12.6 Å². The van der Waals surface area contributed by atoms with Gasteiger partial charge in [-0.25, -0.2) is 0 Å². The van der Waals surface area contributed by atoms with E-state index < -0.39 is 0 Å². The van der Waals surface area contributed by atoms with Gasteiger partial charge in [-0.15, -0.1) is 0 Å². The van der Waals surface area contributed by atoms with Crippen molar-refractivity contribution in [3.63, 3.8) is 0 Å². The molecule has 0 aromatic carbocycles. The van der Waals surface area contributed by atoms with Crippen LogP contribution in [0.4, 0.5) is 0 Å². The Labute approximate surface area is 102 Å². The fourth-order valence-electron chi connectivity index (χ4n) is 3.00. The van der Waals surface area contributed by atoms with E-state index in [0.29, 0.717) is 11.5 Å². The van der Waals surface area contributed by atoms with Gasteiger partial charge in [0.25, 0.3) is 0 Å². The number of nitrogens with zero attached hydrogens (tertiary/aromatic N) is 1. The lowest BCUT2D eigenvalue weighted by Crippen LogP contribution is -2.46. The molecule has 1 atom stereocenters. The Bertz CT molecular complexity index is 185. The Hall–Kier alpha value is -0.0800. The Balaban J connectivity index is 2.58. The van der Waals surface area contributed by atoms with Crippen LogP contribution < -0.4 is 5.73 Å². The summed E-state index contributed by atoms with van der Waals surface area (Å²) < 4.78 is 0. The molecule has 0 heterocycles. The summed E-state index contributed by atoms with van der Waals surface area (Å²) in [4.78, 5) is 2.62. The second-order valence-electron chi connectivity index (χ2n) is 5.59.